The fourth-order valence-electron chi connectivity index (χ4n) is 1.65. The Balaban J connectivity index is 2.52. The maximum Gasteiger partial charge on any atom is 0.246 e. The molecule has 74 valence electrons. The van der Waals surface area contributed by atoms with Crippen LogP contribution < -0.4 is 10.2 Å². The highest BCUT2D eigenvalue weighted by Gasteiger charge is 2.23. The van der Waals surface area contributed by atoms with Gasteiger partial charge in [0.2, 0.25) is 5.91 Å². The molecule has 0 saturated carbocycles. The third-order valence-corrected chi connectivity index (χ3v) is 2.32. The van der Waals surface area contributed by atoms with Crippen molar-refractivity contribution in [3.63, 3.8) is 0 Å². The van der Waals surface area contributed by atoms with Gasteiger partial charge in [-0.25, -0.2) is 4.39 Å². The summed E-state index contributed by atoms with van der Waals surface area (Å²) in [4.78, 5) is 13.0. The third-order valence-electron chi connectivity index (χ3n) is 2.32. The van der Waals surface area contributed by atoms with Crippen LogP contribution >= 0.6 is 0 Å². The summed E-state index contributed by atoms with van der Waals surface area (Å²) in [6.45, 7) is 2.61. The SMILES string of the molecule is CCN1C(=O)CNc2c(F)cccc21. The Labute approximate surface area is 81.5 Å². The second-order valence-corrected chi connectivity index (χ2v) is 3.13. The molecular weight excluding hydrogens is 183 g/mol. The van der Waals surface area contributed by atoms with Crippen molar-refractivity contribution in [3.05, 3.63) is 24.0 Å². The van der Waals surface area contributed by atoms with Gasteiger partial charge in [-0.15, -0.1) is 0 Å². The molecule has 0 saturated heterocycles. The number of fused-ring (bicyclic) bond motifs is 1. The number of likely N-dealkylation sites (N-methyl/N-ethyl adjacent to an activating group) is 1. The fraction of sp³-hybridized carbons (Fsp3) is 0.300. The average Bonchev–Trinajstić information content (AvgIpc) is 2.18. The van der Waals surface area contributed by atoms with Crippen LogP contribution in [0.5, 0.6) is 0 Å². The molecule has 3 nitrogen and oxygen atoms in total. The van der Waals surface area contributed by atoms with Gasteiger partial charge in [-0.2, -0.15) is 0 Å². The summed E-state index contributed by atoms with van der Waals surface area (Å²) in [7, 11) is 0. The lowest BCUT2D eigenvalue weighted by Crippen LogP contribution is -2.39. The maximum absolute atomic E-state index is 13.3. The van der Waals surface area contributed by atoms with Gasteiger partial charge in [-0.1, -0.05) is 6.07 Å². The summed E-state index contributed by atoms with van der Waals surface area (Å²) >= 11 is 0. The molecule has 1 aromatic rings. The van der Waals surface area contributed by atoms with E-state index in [2.05, 4.69) is 5.32 Å². The lowest BCUT2D eigenvalue weighted by Gasteiger charge is -2.29. The Hall–Kier alpha value is -1.58. The Morgan fingerprint density at radius 3 is 3.07 bits per heavy atom. The Morgan fingerprint density at radius 2 is 2.36 bits per heavy atom. The van der Waals surface area contributed by atoms with Crippen LogP contribution in [0.1, 0.15) is 6.92 Å². The maximum atomic E-state index is 13.3. The first-order valence-corrected chi connectivity index (χ1v) is 4.56. The monoisotopic (exact) mass is 194 g/mol. The number of carbonyl (C=O) groups is 1. The highest BCUT2D eigenvalue weighted by molar-refractivity contribution is 6.02. The number of halogens is 1. The summed E-state index contributed by atoms with van der Waals surface area (Å²) in [6.07, 6.45) is 0. The van der Waals surface area contributed by atoms with Gasteiger partial charge in [0.15, 0.2) is 0 Å². The van der Waals surface area contributed by atoms with Gasteiger partial charge >= 0.3 is 0 Å². The number of para-hydroxylation sites is 1. The predicted octanol–water partition coefficient (Wildman–Crippen LogP) is 1.60. The standard InChI is InChI=1S/C10H11FN2O/c1-2-13-8-5-3-4-7(11)10(8)12-6-9(13)14/h3-5,12H,2,6H2,1H3. The van der Waals surface area contributed by atoms with Crippen molar-refractivity contribution in [1.82, 2.24) is 0 Å². The first-order chi connectivity index (χ1) is 6.74. The molecule has 0 atom stereocenters. The Bertz CT molecular complexity index is 378. The van der Waals surface area contributed by atoms with Crippen LogP contribution in [-0.2, 0) is 4.79 Å². The molecular formula is C10H11FN2O. The molecule has 0 bridgehead atoms. The number of rotatable bonds is 1. The van der Waals surface area contributed by atoms with E-state index in [1.165, 1.54) is 6.07 Å². The molecule has 1 heterocycles. The molecule has 14 heavy (non-hydrogen) atoms. The summed E-state index contributed by atoms with van der Waals surface area (Å²) < 4.78 is 13.3. The van der Waals surface area contributed by atoms with E-state index in [0.29, 0.717) is 17.9 Å². The summed E-state index contributed by atoms with van der Waals surface area (Å²) in [5.74, 6) is -0.334. The van der Waals surface area contributed by atoms with Crippen molar-refractivity contribution >= 4 is 17.3 Å². The van der Waals surface area contributed by atoms with Crippen LogP contribution in [0.2, 0.25) is 0 Å². The summed E-state index contributed by atoms with van der Waals surface area (Å²) in [6, 6.07) is 4.73. The minimum Gasteiger partial charge on any atom is -0.372 e. The van der Waals surface area contributed by atoms with Crippen LogP contribution in [-0.4, -0.2) is 19.0 Å². The second-order valence-electron chi connectivity index (χ2n) is 3.13. The number of hydrogen-bond acceptors (Lipinski definition) is 2. The predicted molar refractivity (Wildman–Crippen MR) is 52.9 cm³/mol. The van der Waals surface area contributed by atoms with Crippen molar-refractivity contribution < 1.29 is 9.18 Å². The molecule has 2 rings (SSSR count). The fourth-order valence-corrected chi connectivity index (χ4v) is 1.65. The second kappa shape index (κ2) is 3.29. The topological polar surface area (TPSA) is 32.3 Å². The number of benzene rings is 1. The number of anilines is 2. The van der Waals surface area contributed by atoms with Crippen LogP contribution in [0.25, 0.3) is 0 Å². The van der Waals surface area contributed by atoms with E-state index in [0.717, 1.165) is 0 Å². The van der Waals surface area contributed by atoms with E-state index < -0.39 is 0 Å². The molecule has 0 aliphatic carbocycles. The lowest BCUT2D eigenvalue weighted by atomic mass is 10.2. The van der Waals surface area contributed by atoms with Gasteiger partial charge in [0.25, 0.3) is 0 Å². The number of hydrogen-bond donors (Lipinski definition) is 1. The highest BCUT2D eigenvalue weighted by atomic mass is 19.1. The largest absolute Gasteiger partial charge is 0.372 e. The zero-order chi connectivity index (χ0) is 10.1. The number of nitrogens with one attached hydrogen (secondary N) is 1. The molecule has 0 fully saturated rings. The normalized spacial score (nSPS) is 15.0. The van der Waals surface area contributed by atoms with Crippen LogP contribution in [0, 0.1) is 5.82 Å². The number of amides is 1. The first-order valence-electron chi connectivity index (χ1n) is 4.56. The van der Waals surface area contributed by atoms with Gasteiger partial charge in [0.1, 0.15) is 5.82 Å². The summed E-state index contributed by atoms with van der Waals surface area (Å²) in [5, 5.41) is 2.78. The van der Waals surface area contributed by atoms with E-state index >= 15 is 0 Å². The van der Waals surface area contributed by atoms with Crippen LogP contribution in [0.4, 0.5) is 15.8 Å². The van der Waals surface area contributed by atoms with Crippen molar-refractivity contribution in [2.75, 3.05) is 23.3 Å². The molecule has 0 radical (unpaired) electrons. The van der Waals surface area contributed by atoms with Gasteiger partial charge in [0, 0.05) is 6.54 Å². The first kappa shape index (κ1) is 8.99. The molecule has 4 heteroatoms. The molecule has 1 aliphatic rings. The molecule has 0 aromatic heterocycles. The Kier molecular flexibility index (Phi) is 2.11. The zero-order valence-electron chi connectivity index (χ0n) is 7.88. The molecule has 1 N–H and O–H groups in total. The van der Waals surface area contributed by atoms with E-state index in [1.807, 2.05) is 6.92 Å². The molecule has 1 aliphatic heterocycles. The van der Waals surface area contributed by atoms with Gasteiger partial charge in [-0.05, 0) is 19.1 Å². The highest BCUT2D eigenvalue weighted by Crippen LogP contribution is 2.31. The van der Waals surface area contributed by atoms with Crippen molar-refractivity contribution in [2.24, 2.45) is 0 Å². The van der Waals surface area contributed by atoms with Crippen molar-refractivity contribution in [1.29, 1.82) is 0 Å². The molecule has 1 aromatic carbocycles. The van der Waals surface area contributed by atoms with Crippen molar-refractivity contribution in [2.45, 2.75) is 6.92 Å². The average molecular weight is 194 g/mol. The molecule has 0 unspecified atom stereocenters. The number of nitrogens with zero attached hydrogens (tertiary/aromatic N) is 1. The van der Waals surface area contributed by atoms with Crippen molar-refractivity contribution in [3.8, 4) is 0 Å². The zero-order valence-corrected chi connectivity index (χ0v) is 7.88. The smallest absolute Gasteiger partial charge is 0.246 e. The van der Waals surface area contributed by atoms with Gasteiger partial charge in [-0.3, -0.25) is 4.79 Å². The van der Waals surface area contributed by atoms with Gasteiger partial charge < -0.3 is 10.2 Å². The van der Waals surface area contributed by atoms with Gasteiger partial charge in [0.05, 0.1) is 17.9 Å². The van der Waals surface area contributed by atoms with E-state index in [9.17, 15) is 9.18 Å². The quantitative estimate of drug-likeness (QED) is 0.736. The minimum absolute atomic E-state index is 0.0226. The van der Waals surface area contributed by atoms with Crippen LogP contribution in [0.3, 0.4) is 0 Å². The Morgan fingerprint density at radius 1 is 1.57 bits per heavy atom. The van der Waals surface area contributed by atoms with Crippen LogP contribution in [0.15, 0.2) is 18.2 Å². The van der Waals surface area contributed by atoms with E-state index in [1.54, 1.807) is 17.0 Å². The third kappa shape index (κ3) is 1.23. The number of carbonyl (C=O) groups excluding carboxylic acids is 1. The minimum atomic E-state index is -0.312. The van der Waals surface area contributed by atoms with E-state index in [-0.39, 0.29) is 18.3 Å². The lowest BCUT2D eigenvalue weighted by molar-refractivity contribution is -0.117. The van der Waals surface area contributed by atoms with E-state index in [4.69, 9.17) is 0 Å². The summed E-state index contributed by atoms with van der Waals surface area (Å²) in [5.41, 5.74) is 1.05. The molecule has 0 spiro atoms. The molecule has 1 amide bonds.